The maximum Gasteiger partial charge on any atom is 0.263 e. The molecule has 7 heteroatoms. The van der Waals surface area contributed by atoms with Gasteiger partial charge in [-0.15, -0.1) is 17.9 Å². The van der Waals surface area contributed by atoms with Gasteiger partial charge in [-0.25, -0.2) is 4.98 Å². The van der Waals surface area contributed by atoms with Crippen molar-refractivity contribution in [3.8, 4) is 0 Å². The number of nitrogens with one attached hydrogen (secondary N) is 1. The Balaban J connectivity index is 1.86. The first-order valence-electron chi connectivity index (χ1n) is 9.92. The lowest BCUT2D eigenvalue weighted by atomic mass is 9.86. The minimum atomic E-state index is -0.323. The van der Waals surface area contributed by atoms with Crippen LogP contribution in [0.15, 0.2) is 22.6 Å². The molecular weight excluding hydrogens is 390 g/mol. The van der Waals surface area contributed by atoms with Crippen LogP contribution < -0.4 is 10.9 Å². The quantitative estimate of drug-likeness (QED) is 0.427. The number of hydrogen-bond donors (Lipinski definition) is 1. The third-order valence-electron chi connectivity index (χ3n) is 5.66. The molecule has 0 bridgehead atoms. The summed E-state index contributed by atoms with van der Waals surface area (Å²) in [6, 6.07) is 0.248. The SMILES string of the molecule is C=CCn1c(SC(C)C(=O)NC2CCCCC2C)nc2sc(C)c(C)c2c1=O. The highest BCUT2D eigenvalue weighted by Crippen LogP contribution is 2.30. The average molecular weight is 420 g/mol. The third-order valence-corrected chi connectivity index (χ3v) is 7.85. The monoisotopic (exact) mass is 419 g/mol. The molecule has 2 aromatic rings. The largest absolute Gasteiger partial charge is 0.352 e. The van der Waals surface area contributed by atoms with Gasteiger partial charge in [0.2, 0.25) is 5.91 Å². The van der Waals surface area contributed by atoms with Crippen LogP contribution in [0, 0.1) is 19.8 Å². The van der Waals surface area contributed by atoms with Crippen LogP contribution in [-0.2, 0) is 11.3 Å². The molecule has 3 rings (SSSR count). The van der Waals surface area contributed by atoms with E-state index >= 15 is 0 Å². The third kappa shape index (κ3) is 4.20. The molecular formula is C21H29N3O2S2. The highest BCUT2D eigenvalue weighted by molar-refractivity contribution is 8.00. The Morgan fingerprint density at radius 3 is 2.82 bits per heavy atom. The summed E-state index contributed by atoms with van der Waals surface area (Å²) in [7, 11) is 0. The number of aryl methyl sites for hydroxylation is 2. The molecule has 0 aromatic carbocycles. The second-order valence-corrected chi connectivity index (χ2v) is 10.2. The number of carbonyl (C=O) groups excluding carboxylic acids is 1. The maximum atomic E-state index is 13.1. The molecule has 1 saturated carbocycles. The van der Waals surface area contributed by atoms with E-state index in [-0.39, 0.29) is 22.8 Å². The van der Waals surface area contributed by atoms with Gasteiger partial charge in [-0.05, 0) is 45.1 Å². The van der Waals surface area contributed by atoms with E-state index in [0.717, 1.165) is 21.7 Å². The van der Waals surface area contributed by atoms with Crippen LogP contribution in [0.25, 0.3) is 10.2 Å². The van der Waals surface area contributed by atoms with Crippen molar-refractivity contribution >= 4 is 39.2 Å². The van der Waals surface area contributed by atoms with Crippen LogP contribution in [0.3, 0.4) is 0 Å². The minimum Gasteiger partial charge on any atom is -0.352 e. The van der Waals surface area contributed by atoms with Gasteiger partial charge in [-0.2, -0.15) is 0 Å². The van der Waals surface area contributed by atoms with Crippen LogP contribution in [-0.4, -0.2) is 26.8 Å². The van der Waals surface area contributed by atoms with Crippen molar-refractivity contribution in [2.45, 2.75) is 76.4 Å². The number of carbonyl (C=O) groups is 1. The number of hydrogen-bond acceptors (Lipinski definition) is 5. The summed E-state index contributed by atoms with van der Waals surface area (Å²) in [5.41, 5.74) is 0.937. The molecule has 1 fully saturated rings. The Bertz CT molecular complexity index is 947. The molecule has 5 nitrogen and oxygen atoms in total. The molecule has 0 saturated heterocycles. The molecule has 0 aliphatic heterocycles. The van der Waals surface area contributed by atoms with E-state index in [0.29, 0.717) is 23.0 Å². The second-order valence-electron chi connectivity index (χ2n) is 7.70. The maximum absolute atomic E-state index is 13.1. The van der Waals surface area contributed by atoms with Crippen LogP contribution in [0.1, 0.15) is 50.0 Å². The predicted octanol–water partition coefficient (Wildman–Crippen LogP) is 4.44. The first-order chi connectivity index (χ1) is 13.3. The summed E-state index contributed by atoms with van der Waals surface area (Å²) in [4.78, 5) is 32.4. The lowest BCUT2D eigenvalue weighted by Crippen LogP contribution is -2.44. The van der Waals surface area contributed by atoms with Gasteiger partial charge in [0, 0.05) is 17.5 Å². The van der Waals surface area contributed by atoms with Crippen LogP contribution in [0.5, 0.6) is 0 Å². The number of allylic oxidation sites excluding steroid dienone is 1. The topological polar surface area (TPSA) is 64.0 Å². The molecule has 0 spiro atoms. The molecule has 1 N–H and O–H groups in total. The molecule has 2 heterocycles. The fraction of sp³-hybridized carbons (Fsp3) is 0.571. The van der Waals surface area contributed by atoms with Crippen LogP contribution >= 0.6 is 23.1 Å². The molecule has 1 aliphatic carbocycles. The normalized spacial score (nSPS) is 20.9. The van der Waals surface area contributed by atoms with Crippen molar-refractivity contribution in [2.75, 3.05) is 0 Å². The van der Waals surface area contributed by atoms with Gasteiger partial charge < -0.3 is 5.32 Å². The zero-order valence-electron chi connectivity index (χ0n) is 17.1. The first-order valence-corrected chi connectivity index (χ1v) is 11.6. The van der Waals surface area contributed by atoms with Crippen LogP contribution in [0.4, 0.5) is 0 Å². The van der Waals surface area contributed by atoms with Gasteiger partial charge in [0.25, 0.3) is 5.56 Å². The van der Waals surface area contributed by atoms with E-state index in [1.807, 2.05) is 20.8 Å². The predicted molar refractivity (Wildman–Crippen MR) is 118 cm³/mol. The Hall–Kier alpha value is -1.60. The van der Waals surface area contributed by atoms with E-state index in [4.69, 9.17) is 4.98 Å². The van der Waals surface area contributed by atoms with E-state index in [1.54, 1.807) is 10.6 Å². The summed E-state index contributed by atoms with van der Waals surface area (Å²) in [6.45, 7) is 12.2. The van der Waals surface area contributed by atoms with Crippen molar-refractivity contribution in [1.29, 1.82) is 0 Å². The summed E-state index contributed by atoms with van der Waals surface area (Å²) >= 11 is 2.88. The average Bonchev–Trinajstić information content (AvgIpc) is 2.94. The van der Waals surface area contributed by atoms with Crippen molar-refractivity contribution < 1.29 is 4.79 Å². The Labute approximate surface area is 174 Å². The Morgan fingerprint density at radius 1 is 1.43 bits per heavy atom. The van der Waals surface area contributed by atoms with Crippen molar-refractivity contribution in [1.82, 2.24) is 14.9 Å². The summed E-state index contributed by atoms with van der Waals surface area (Å²) in [6.07, 6.45) is 6.33. The van der Waals surface area contributed by atoms with Crippen LogP contribution in [0.2, 0.25) is 0 Å². The lowest BCUT2D eigenvalue weighted by molar-refractivity contribution is -0.121. The van der Waals surface area contributed by atoms with Crippen molar-refractivity contribution in [3.05, 3.63) is 33.4 Å². The van der Waals surface area contributed by atoms with E-state index < -0.39 is 0 Å². The lowest BCUT2D eigenvalue weighted by Gasteiger charge is -2.30. The standard InChI is InChI=1S/C21H29N3O2S2/c1-6-11-24-20(26)17-13(3)14(4)27-19(17)23-21(24)28-15(5)18(25)22-16-10-8-7-9-12(16)2/h6,12,15-16H,1,7-11H2,2-5H3,(H,22,25). The smallest absolute Gasteiger partial charge is 0.263 e. The number of nitrogens with zero attached hydrogens (tertiary/aromatic N) is 2. The van der Waals surface area contributed by atoms with E-state index in [9.17, 15) is 9.59 Å². The van der Waals surface area contributed by atoms with Gasteiger partial charge >= 0.3 is 0 Å². The highest BCUT2D eigenvalue weighted by atomic mass is 32.2. The fourth-order valence-electron chi connectivity index (χ4n) is 3.73. The van der Waals surface area contributed by atoms with Gasteiger partial charge in [0.1, 0.15) is 4.83 Å². The Kier molecular flexibility index (Phi) is 6.65. The molecule has 152 valence electrons. The molecule has 28 heavy (non-hydrogen) atoms. The molecule has 0 radical (unpaired) electrons. The molecule has 3 unspecified atom stereocenters. The fourth-order valence-corrected chi connectivity index (χ4v) is 5.73. The number of thiophene rings is 1. The zero-order chi connectivity index (χ0) is 20.4. The molecule has 1 aliphatic rings. The number of rotatable bonds is 6. The summed E-state index contributed by atoms with van der Waals surface area (Å²) < 4.78 is 1.63. The van der Waals surface area contributed by atoms with Crippen molar-refractivity contribution in [2.24, 2.45) is 5.92 Å². The van der Waals surface area contributed by atoms with Gasteiger partial charge in [-0.1, -0.05) is 37.6 Å². The van der Waals surface area contributed by atoms with E-state index in [2.05, 4.69) is 18.8 Å². The number of thioether (sulfide) groups is 1. The van der Waals surface area contributed by atoms with Crippen molar-refractivity contribution in [3.63, 3.8) is 0 Å². The molecule has 3 atom stereocenters. The Morgan fingerprint density at radius 2 is 2.14 bits per heavy atom. The summed E-state index contributed by atoms with van der Waals surface area (Å²) in [5.74, 6) is 0.530. The minimum absolute atomic E-state index is 0.0155. The number of fused-ring (bicyclic) bond motifs is 1. The number of aromatic nitrogens is 2. The number of amides is 1. The first kappa shape index (κ1) is 21.1. The second kappa shape index (κ2) is 8.82. The van der Waals surface area contributed by atoms with Gasteiger partial charge in [-0.3, -0.25) is 14.2 Å². The molecule has 1 amide bonds. The van der Waals surface area contributed by atoms with Gasteiger partial charge in [0.05, 0.1) is 10.6 Å². The summed E-state index contributed by atoms with van der Waals surface area (Å²) in [5, 5.41) is 4.15. The molecule has 2 aromatic heterocycles. The van der Waals surface area contributed by atoms with Gasteiger partial charge in [0.15, 0.2) is 5.16 Å². The zero-order valence-corrected chi connectivity index (χ0v) is 18.7. The van der Waals surface area contributed by atoms with E-state index in [1.165, 1.54) is 42.4 Å². The highest BCUT2D eigenvalue weighted by Gasteiger charge is 2.26.